The minimum atomic E-state index is -0.493. The second-order valence-electron chi connectivity index (χ2n) is 6.78. The van der Waals surface area contributed by atoms with Crippen molar-refractivity contribution in [2.24, 2.45) is 0 Å². The lowest BCUT2D eigenvalue weighted by Crippen LogP contribution is -2.33. The van der Waals surface area contributed by atoms with E-state index in [-0.39, 0.29) is 18.9 Å². The molecule has 3 rings (SSSR count). The van der Waals surface area contributed by atoms with Gasteiger partial charge in [0.05, 0.1) is 31.8 Å². The Kier molecular flexibility index (Phi) is 6.54. The van der Waals surface area contributed by atoms with Gasteiger partial charge in [-0.25, -0.2) is 0 Å². The zero-order chi connectivity index (χ0) is 20.8. The van der Waals surface area contributed by atoms with Gasteiger partial charge in [-0.1, -0.05) is 42.0 Å². The van der Waals surface area contributed by atoms with E-state index in [1.807, 2.05) is 56.3 Å². The van der Waals surface area contributed by atoms with Crippen molar-refractivity contribution in [3.63, 3.8) is 0 Å². The van der Waals surface area contributed by atoms with Crippen molar-refractivity contribution in [3.8, 4) is 11.5 Å². The van der Waals surface area contributed by atoms with Crippen LogP contribution in [-0.4, -0.2) is 32.2 Å². The third kappa shape index (κ3) is 4.96. The fraction of sp³-hybridized carbons (Fsp3) is 0.304. The number of nitrogens with one attached hydrogen (secondary N) is 1. The molecule has 0 aliphatic carbocycles. The van der Waals surface area contributed by atoms with Crippen molar-refractivity contribution >= 4 is 18.0 Å². The van der Waals surface area contributed by atoms with Crippen molar-refractivity contribution in [2.45, 2.75) is 26.3 Å². The van der Waals surface area contributed by atoms with Crippen LogP contribution in [0.15, 0.2) is 48.0 Å². The Balaban J connectivity index is 1.81. The molecular formula is C23H25NO5. The number of rotatable bonds is 7. The molecule has 1 unspecified atom stereocenters. The van der Waals surface area contributed by atoms with E-state index in [1.165, 1.54) is 7.11 Å². The quantitative estimate of drug-likeness (QED) is 0.726. The van der Waals surface area contributed by atoms with E-state index in [9.17, 15) is 9.59 Å². The first-order chi connectivity index (χ1) is 14.0. The van der Waals surface area contributed by atoms with E-state index in [2.05, 4.69) is 5.32 Å². The lowest BCUT2D eigenvalue weighted by molar-refractivity contribution is -0.141. The van der Waals surface area contributed by atoms with Crippen LogP contribution in [0.4, 0.5) is 0 Å². The largest absolute Gasteiger partial charge is 0.490 e. The molecule has 0 radical (unpaired) electrons. The van der Waals surface area contributed by atoms with Gasteiger partial charge in [0.1, 0.15) is 6.61 Å². The maximum Gasteiger partial charge on any atom is 0.307 e. The van der Waals surface area contributed by atoms with Crippen molar-refractivity contribution in [2.75, 3.05) is 20.3 Å². The normalized spacial score (nSPS) is 13.4. The van der Waals surface area contributed by atoms with Gasteiger partial charge in [-0.3, -0.25) is 9.59 Å². The molecule has 0 aromatic heterocycles. The first kappa shape index (κ1) is 20.5. The van der Waals surface area contributed by atoms with Gasteiger partial charge in [-0.05, 0) is 31.6 Å². The maximum atomic E-state index is 12.9. The summed E-state index contributed by atoms with van der Waals surface area (Å²) in [5.74, 6) is 0.614. The van der Waals surface area contributed by atoms with Crippen LogP contribution in [-0.2, 0) is 14.3 Å². The van der Waals surface area contributed by atoms with Crippen LogP contribution in [0, 0.1) is 6.92 Å². The fourth-order valence-electron chi connectivity index (χ4n) is 3.13. The molecule has 29 heavy (non-hydrogen) atoms. The molecule has 1 N–H and O–H groups in total. The van der Waals surface area contributed by atoms with E-state index in [0.717, 1.165) is 16.7 Å². The zero-order valence-electron chi connectivity index (χ0n) is 16.9. The van der Waals surface area contributed by atoms with Gasteiger partial charge in [-0.15, -0.1) is 0 Å². The van der Waals surface area contributed by atoms with E-state index in [0.29, 0.717) is 23.7 Å². The number of benzene rings is 2. The second kappa shape index (κ2) is 9.28. The second-order valence-corrected chi connectivity index (χ2v) is 6.78. The van der Waals surface area contributed by atoms with Gasteiger partial charge >= 0.3 is 5.97 Å². The molecule has 1 amide bonds. The average Bonchev–Trinajstić information content (AvgIpc) is 2.73. The first-order valence-electron chi connectivity index (χ1n) is 9.55. The smallest absolute Gasteiger partial charge is 0.307 e. The molecule has 0 spiro atoms. The van der Waals surface area contributed by atoms with Gasteiger partial charge in [0, 0.05) is 5.56 Å². The zero-order valence-corrected chi connectivity index (χ0v) is 16.9. The van der Waals surface area contributed by atoms with Gasteiger partial charge in [0.15, 0.2) is 11.5 Å². The third-order valence-electron chi connectivity index (χ3n) is 4.69. The van der Waals surface area contributed by atoms with E-state index in [4.69, 9.17) is 14.2 Å². The number of amides is 1. The SMILES string of the molecule is CCOc1cccc2c1OCC(C(=O)NC(CC(=O)OC)c1ccc(C)cc1)=C2. The highest BCUT2D eigenvalue weighted by molar-refractivity contribution is 5.99. The van der Waals surface area contributed by atoms with Crippen LogP contribution in [0.5, 0.6) is 11.5 Å². The number of ether oxygens (including phenoxy) is 3. The lowest BCUT2D eigenvalue weighted by Gasteiger charge is -2.23. The average molecular weight is 395 g/mol. The van der Waals surface area contributed by atoms with Crippen LogP contribution >= 0.6 is 0 Å². The Morgan fingerprint density at radius 2 is 1.93 bits per heavy atom. The lowest BCUT2D eigenvalue weighted by atomic mass is 10.0. The highest BCUT2D eigenvalue weighted by Gasteiger charge is 2.24. The third-order valence-corrected chi connectivity index (χ3v) is 4.69. The number of para-hydroxylation sites is 1. The van der Waals surface area contributed by atoms with Crippen molar-refractivity contribution in [1.82, 2.24) is 5.32 Å². The molecule has 0 saturated heterocycles. The number of carbonyl (C=O) groups excluding carboxylic acids is 2. The molecule has 152 valence electrons. The summed E-state index contributed by atoms with van der Waals surface area (Å²) in [4.78, 5) is 24.8. The number of esters is 1. The number of methoxy groups -OCH3 is 1. The number of carbonyl (C=O) groups is 2. The van der Waals surface area contributed by atoms with Crippen LogP contribution in [0.3, 0.4) is 0 Å². The predicted octanol–water partition coefficient (Wildman–Crippen LogP) is 3.59. The van der Waals surface area contributed by atoms with Gasteiger partial charge < -0.3 is 19.5 Å². The predicted molar refractivity (Wildman–Crippen MR) is 110 cm³/mol. The molecule has 1 aliphatic heterocycles. The topological polar surface area (TPSA) is 73.9 Å². The van der Waals surface area contributed by atoms with Crippen molar-refractivity contribution in [1.29, 1.82) is 0 Å². The Labute approximate surface area is 170 Å². The summed E-state index contributed by atoms with van der Waals surface area (Å²) in [5, 5.41) is 2.94. The molecule has 0 fully saturated rings. The van der Waals surface area contributed by atoms with E-state index in [1.54, 1.807) is 6.08 Å². The Bertz CT molecular complexity index is 917. The Morgan fingerprint density at radius 1 is 1.17 bits per heavy atom. The number of fused-ring (bicyclic) bond motifs is 1. The summed E-state index contributed by atoms with van der Waals surface area (Å²) in [6.07, 6.45) is 1.84. The summed E-state index contributed by atoms with van der Waals surface area (Å²) in [5.41, 5.74) is 3.20. The maximum absolute atomic E-state index is 12.9. The summed E-state index contributed by atoms with van der Waals surface area (Å²) in [6.45, 7) is 4.55. The molecule has 6 nitrogen and oxygen atoms in total. The van der Waals surface area contributed by atoms with Crippen molar-refractivity contribution in [3.05, 3.63) is 64.7 Å². The monoisotopic (exact) mass is 395 g/mol. The van der Waals surface area contributed by atoms with Crippen LogP contribution < -0.4 is 14.8 Å². The van der Waals surface area contributed by atoms with E-state index < -0.39 is 12.0 Å². The van der Waals surface area contributed by atoms with Gasteiger partial charge in [0.2, 0.25) is 0 Å². The van der Waals surface area contributed by atoms with Crippen molar-refractivity contribution < 1.29 is 23.8 Å². The minimum absolute atomic E-state index is 0.0461. The summed E-state index contributed by atoms with van der Waals surface area (Å²) < 4.78 is 16.2. The molecular weight excluding hydrogens is 370 g/mol. The fourth-order valence-corrected chi connectivity index (χ4v) is 3.13. The molecule has 1 aliphatic rings. The van der Waals surface area contributed by atoms with Gasteiger partial charge in [-0.2, -0.15) is 0 Å². The van der Waals surface area contributed by atoms with Crippen LogP contribution in [0.25, 0.3) is 6.08 Å². The Hall–Kier alpha value is -3.28. The van der Waals surface area contributed by atoms with Crippen LogP contribution in [0.1, 0.15) is 36.1 Å². The summed E-state index contributed by atoms with van der Waals surface area (Å²) >= 11 is 0. The molecule has 2 aromatic rings. The van der Waals surface area contributed by atoms with E-state index >= 15 is 0 Å². The van der Waals surface area contributed by atoms with Gasteiger partial charge in [0.25, 0.3) is 5.91 Å². The molecule has 0 bridgehead atoms. The minimum Gasteiger partial charge on any atom is -0.490 e. The summed E-state index contributed by atoms with van der Waals surface area (Å²) in [6, 6.07) is 12.8. The summed E-state index contributed by atoms with van der Waals surface area (Å²) in [7, 11) is 1.33. The standard InChI is InChI=1S/C23H25NO5/c1-4-28-20-7-5-6-17-12-18(14-29-22(17)20)23(26)24-19(13-21(25)27-3)16-10-8-15(2)9-11-16/h5-12,19H,4,13-14H2,1-3H3,(H,24,26). The molecule has 1 atom stereocenters. The molecule has 0 saturated carbocycles. The van der Waals surface area contributed by atoms with Crippen LogP contribution in [0.2, 0.25) is 0 Å². The molecule has 1 heterocycles. The number of aryl methyl sites for hydroxylation is 1. The number of hydrogen-bond acceptors (Lipinski definition) is 5. The Morgan fingerprint density at radius 3 is 2.62 bits per heavy atom. The number of hydrogen-bond donors (Lipinski definition) is 1. The first-order valence-corrected chi connectivity index (χ1v) is 9.55. The molecule has 2 aromatic carbocycles. The highest BCUT2D eigenvalue weighted by atomic mass is 16.5. The molecule has 6 heteroatoms. The highest BCUT2D eigenvalue weighted by Crippen LogP contribution is 2.36.